The zero-order valence-corrected chi connectivity index (χ0v) is 10.4. The topological polar surface area (TPSA) is 27.1 Å². The molecule has 0 radical (unpaired) electrons. The van der Waals surface area contributed by atoms with Gasteiger partial charge < -0.3 is 4.74 Å². The predicted molar refractivity (Wildman–Crippen MR) is 59.4 cm³/mol. The highest BCUT2D eigenvalue weighted by atomic mass is 19.2. The Bertz CT molecular complexity index is 626. The van der Waals surface area contributed by atoms with E-state index in [0.717, 1.165) is 0 Å². The van der Waals surface area contributed by atoms with E-state index in [1.807, 2.05) is 0 Å². The normalized spacial score (nSPS) is 10.9. The van der Waals surface area contributed by atoms with E-state index in [-0.39, 0.29) is 11.9 Å². The van der Waals surface area contributed by atoms with Gasteiger partial charge in [-0.15, -0.1) is 0 Å². The highest BCUT2D eigenvalue weighted by Crippen LogP contribution is 2.29. The van der Waals surface area contributed by atoms with Crippen LogP contribution in [-0.2, 0) is 0 Å². The van der Waals surface area contributed by atoms with E-state index in [1.165, 1.54) is 7.11 Å². The fourth-order valence-corrected chi connectivity index (χ4v) is 1.72. The third kappa shape index (κ3) is 1.94. The molecule has 0 aliphatic heterocycles. The molecule has 0 unspecified atom stereocenters. The summed E-state index contributed by atoms with van der Waals surface area (Å²) in [5, 5.41) is 3.83. The van der Waals surface area contributed by atoms with Gasteiger partial charge in [-0.2, -0.15) is 9.78 Å². The quantitative estimate of drug-likeness (QED) is 0.621. The predicted octanol–water partition coefficient (Wildman–Crippen LogP) is 3.05. The fourth-order valence-electron chi connectivity index (χ4n) is 1.72. The van der Waals surface area contributed by atoms with Gasteiger partial charge in [0, 0.05) is 11.6 Å². The first-order chi connectivity index (χ1) is 8.88. The largest absolute Gasteiger partial charge is 0.481 e. The second-order valence-electron chi connectivity index (χ2n) is 3.95. The van der Waals surface area contributed by atoms with Crippen LogP contribution in [0.3, 0.4) is 0 Å². The van der Waals surface area contributed by atoms with Crippen molar-refractivity contribution in [3.63, 3.8) is 0 Å². The van der Waals surface area contributed by atoms with Crippen molar-refractivity contribution >= 4 is 0 Å². The molecule has 0 amide bonds. The van der Waals surface area contributed by atoms with Gasteiger partial charge in [-0.05, 0) is 13.8 Å². The number of aryl methyl sites for hydroxylation is 1. The molecule has 7 heteroatoms. The molecule has 0 spiro atoms. The molecule has 0 atom stereocenters. The lowest BCUT2D eigenvalue weighted by Gasteiger charge is -2.10. The van der Waals surface area contributed by atoms with Crippen LogP contribution in [0.2, 0.25) is 0 Å². The van der Waals surface area contributed by atoms with Gasteiger partial charge in [0.05, 0.1) is 12.8 Å². The van der Waals surface area contributed by atoms with Crippen molar-refractivity contribution in [1.82, 2.24) is 9.78 Å². The minimum absolute atomic E-state index is 0.0142. The zero-order valence-electron chi connectivity index (χ0n) is 10.4. The van der Waals surface area contributed by atoms with Crippen molar-refractivity contribution in [3.8, 4) is 11.6 Å². The van der Waals surface area contributed by atoms with Crippen molar-refractivity contribution in [2.24, 2.45) is 0 Å². The standard InChI is InChI=1S/C12H10F4N2O/c1-5-6(2)17-18(12(5)19-3)11-9(15)7(13)4-8(14)10(11)16/h4H,1-3H3. The van der Waals surface area contributed by atoms with Crippen LogP contribution < -0.4 is 4.74 Å². The van der Waals surface area contributed by atoms with Gasteiger partial charge in [-0.25, -0.2) is 17.6 Å². The molecule has 0 bridgehead atoms. The van der Waals surface area contributed by atoms with Gasteiger partial charge in [-0.1, -0.05) is 0 Å². The molecule has 102 valence electrons. The fraction of sp³-hybridized carbons (Fsp3) is 0.250. The van der Waals surface area contributed by atoms with Crippen molar-refractivity contribution in [2.75, 3.05) is 7.11 Å². The monoisotopic (exact) mass is 274 g/mol. The van der Waals surface area contributed by atoms with Gasteiger partial charge in [-0.3, -0.25) is 0 Å². The third-order valence-corrected chi connectivity index (χ3v) is 2.80. The Morgan fingerprint density at radius 2 is 1.58 bits per heavy atom. The van der Waals surface area contributed by atoms with Gasteiger partial charge in [0.25, 0.3) is 0 Å². The van der Waals surface area contributed by atoms with Gasteiger partial charge >= 0.3 is 0 Å². The highest BCUT2D eigenvalue weighted by molar-refractivity contribution is 5.43. The summed E-state index contributed by atoms with van der Waals surface area (Å²) < 4.78 is 59.4. The van der Waals surface area contributed by atoms with Crippen LogP contribution >= 0.6 is 0 Å². The summed E-state index contributed by atoms with van der Waals surface area (Å²) in [6, 6.07) is 0.143. The summed E-state index contributed by atoms with van der Waals surface area (Å²) in [4.78, 5) is 0. The summed E-state index contributed by atoms with van der Waals surface area (Å²) in [6.07, 6.45) is 0. The molecule has 0 saturated carbocycles. The molecule has 2 aromatic rings. The molecule has 0 saturated heterocycles. The molecule has 0 fully saturated rings. The Balaban J connectivity index is 2.83. The maximum Gasteiger partial charge on any atom is 0.219 e. The number of methoxy groups -OCH3 is 1. The van der Waals surface area contributed by atoms with Crippen LogP contribution in [0.25, 0.3) is 5.69 Å². The third-order valence-electron chi connectivity index (χ3n) is 2.80. The number of hydrogen-bond donors (Lipinski definition) is 0. The Hall–Kier alpha value is -2.05. The number of hydrogen-bond acceptors (Lipinski definition) is 2. The van der Waals surface area contributed by atoms with E-state index in [1.54, 1.807) is 13.8 Å². The maximum atomic E-state index is 13.7. The smallest absolute Gasteiger partial charge is 0.219 e. The Morgan fingerprint density at radius 3 is 2.05 bits per heavy atom. The highest BCUT2D eigenvalue weighted by Gasteiger charge is 2.25. The number of halogens is 4. The Labute approximate surface area is 106 Å². The molecular formula is C12H10F4N2O. The van der Waals surface area contributed by atoms with Gasteiger partial charge in [0.15, 0.2) is 23.3 Å². The van der Waals surface area contributed by atoms with Crippen molar-refractivity contribution < 1.29 is 22.3 Å². The molecular weight excluding hydrogens is 264 g/mol. The molecule has 1 heterocycles. The van der Waals surface area contributed by atoms with E-state index in [0.29, 0.717) is 15.9 Å². The average molecular weight is 274 g/mol. The van der Waals surface area contributed by atoms with Crippen molar-refractivity contribution in [3.05, 3.63) is 40.6 Å². The Kier molecular flexibility index (Phi) is 3.21. The van der Waals surface area contributed by atoms with Crippen LogP contribution in [0, 0.1) is 37.1 Å². The molecule has 3 nitrogen and oxygen atoms in total. The second-order valence-corrected chi connectivity index (χ2v) is 3.95. The minimum Gasteiger partial charge on any atom is -0.481 e. The van der Waals surface area contributed by atoms with E-state index >= 15 is 0 Å². The first kappa shape index (κ1) is 13.4. The zero-order chi connectivity index (χ0) is 14.3. The van der Waals surface area contributed by atoms with Crippen LogP contribution in [0.15, 0.2) is 6.07 Å². The van der Waals surface area contributed by atoms with E-state index in [4.69, 9.17) is 4.74 Å². The lowest BCUT2D eigenvalue weighted by Crippen LogP contribution is -2.09. The minimum atomic E-state index is -1.53. The number of benzene rings is 1. The average Bonchev–Trinajstić information content (AvgIpc) is 2.63. The first-order valence-corrected chi connectivity index (χ1v) is 5.32. The lowest BCUT2D eigenvalue weighted by atomic mass is 10.2. The van der Waals surface area contributed by atoms with E-state index in [9.17, 15) is 17.6 Å². The van der Waals surface area contributed by atoms with Crippen LogP contribution in [0.1, 0.15) is 11.3 Å². The van der Waals surface area contributed by atoms with Crippen LogP contribution in [0.4, 0.5) is 17.6 Å². The van der Waals surface area contributed by atoms with Gasteiger partial charge in [0.2, 0.25) is 5.88 Å². The number of aromatic nitrogens is 2. The molecule has 0 aliphatic carbocycles. The number of rotatable bonds is 2. The number of nitrogens with zero attached hydrogens (tertiary/aromatic N) is 2. The summed E-state index contributed by atoms with van der Waals surface area (Å²) in [5.41, 5.74) is 0.0110. The molecule has 1 aromatic carbocycles. The van der Waals surface area contributed by atoms with E-state index in [2.05, 4.69) is 5.10 Å². The molecule has 1 aromatic heterocycles. The van der Waals surface area contributed by atoms with Crippen LogP contribution in [-0.4, -0.2) is 16.9 Å². The first-order valence-electron chi connectivity index (χ1n) is 5.32. The molecule has 0 N–H and O–H groups in total. The second kappa shape index (κ2) is 4.56. The summed E-state index contributed by atoms with van der Waals surface area (Å²) in [7, 11) is 1.27. The van der Waals surface area contributed by atoms with Crippen molar-refractivity contribution in [2.45, 2.75) is 13.8 Å². The van der Waals surface area contributed by atoms with Crippen molar-refractivity contribution in [1.29, 1.82) is 0 Å². The summed E-state index contributed by atoms with van der Waals surface area (Å²) in [5.74, 6) is -6.04. The molecule has 19 heavy (non-hydrogen) atoms. The Morgan fingerprint density at radius 1 is 1.05 bits per heavy atom. The van der Waals surface area contributed by atoms with Gasteiger partial charge in [0.1, 0.15) is 5.69 Å². The maximum absolute atomic E-state index is 13.7. The summed E-state index contributed by atoms with van der Waals surface area (Å²) in [6.45, 7) is 3.20. The summed E-state index contributed by atoms with van der Waals surface area (Å²) >= 11 is 0. The van der Waals surface area contributed by atoms with Crippen LogP contribution in [0.5, 0.6) is 5.88 Å². The molecule has 2 rings (SSSR count). The SMILES string of the molecule is COc1c(C)c(C)nn1-c1c(F)c(F)cc(F)c1F. The molecule has 0 aliphatic rings. The number of ether oxygens (including phenoxy) is 1. The van der Waals surface area contributed by atoms with E-state index < -0.39 is 29.0 Å². The lowest BCUT2D eigenvalue weighted by molar-refractivity contribution is 0.371.